The van der Waals surface area contributed by atoms with Crippen LogP contribution in [0.1, 0.15) is 31.4 Å². The number of carbonyl (C=O) groups is 1. The fourth-order valence-electron chi connectivity index (χ4n) is 2.30. The molecule has 2 rings (SSSR count). The molecule has 3 atom stereocenters. The van der Waals surface area contributed by atoms with Crippen LogP contribution in [0.15, 0.2) is 24.3 Å². The van der Waals surface area contributed by atoms with E-state index in [0.29, 0.717) is 17.1 Å². The highest BCUT2D eigenvalue weighted by atomic mass is 35.5. The lowest BCUT2D eigenvalue weighted by atomic mass is 10.0. The van der Waals surface area contributed by atoms with E-state index in [4.69, 9.17) is 16.3 Å². The van der Waals surface area contributed by atoms with Gasteiger partial charge in [0.25, 0.3) is 0 Å². The molecule has 0 radical (unpaired) electrons. The van der Waals surface area contributed by atoms with E-state index >= 15 is 0 Å². The maximum atomic E-state index is 11.8. The standard InChI is InChI=1S/C15H21ClN2O3/c1-10(14(19)11-4-6-12(16)7-5-11)18-15(20)17-9-13-3-2-8-21-13/h4-7,10,13-14,19H,2-3,8-9H2,1H3,(H2,17,18,20). The summed E-state index contributed by atoms with van der Waals surface area (Å²) in [5.41, 5.74) is 0.714. The van der Waals surface area contributed by atoms with Gasteiger partial charge < -0.3 is 20.5 Å². The molecule has 0 aliphatic carbocycles. The first kappa shape index (κ1) is 16.1. The first-order valence-corrected chi connectivity index (χ1v) is 7.53. The zero-order chi connectivity index (χ0) is 15.2. The first-order valence-electron chi connectivity index (χ1n) is 7.16. The topological polar surface area (TPSA) is 70.6 Å². The molecule has 1 fully saturated rings. The Hall–Kier alpha value is -1.30. The summed E-state index contributed by atoms with van der Waals surface area (Å²) >= 11 is 5.81. The van der Waals surface area contributed by atoms with E-state index in [9.17, 15) is 9.90 Å². The molecule has 1 heterocycles. The minimum Gasteiger partial charge on any atom is -0.386 e. The molecule has 0 saturated carbocycles. The van der Waals surface area contributed by atoms with E-state index in [2.05, 4.69) is 10.6 Å². The summed E-state index contributed by atoms with van der Waals surface area (Å²) in [6.45, 7) is 3.01. The number of urea groups is 1. The molecule has 1 aliphatic heterocycles. The number of hydrogen-bond acceptors (Lipinski definition) is 3. The van der Waals surface area contributed by atoms with E-state index in [-0.39, 0.29) is 12.1 Å². The third-order valence-electron chi connectivity index (χ3n) is 3.56. The molecular weight excluding hydrogens is 292 g/mol. The molecule has 1 aromatic rings. The van der Waals surface area contributed by atoms with Crippen LogP contribution in [-0.2, 0) is 4.74 Å². The van der Waals surface area contributed by atoms with Gasteiger partial charge in [0, 0.05) is 18.2 Å². The SMILES string of the molecule is CC(NC(=O)NCC1CCCO1)C(O)c1ccc(Cl)cc1. The second-order valence-corrected chi connectivity index (χ2v) is 5.71. The number of aliphatic hydroxyl groups excluding tert-OH is 1. The second-order valence-electron chi connectivity index (χ2n) is 5.27. The van der Waals surface area contributed by atoms with Crippen LogP contribution in [0.25, 0.3) is 0 Å². The summed E-state index contributed by atoms with van der Waals surface area (Å²) in [5, 5.41) is 16.3. The van der Waals surface area contributed by atoms with Crippen LogP contribution in [0, 0.1) is 0 Å². The Morgan fingerprint density at radius 1 is 1.48 bits per heavy atom. The van der Waals surface area contributed by atoms with Crippen LogP contribution >= 0.6 is 11.6 Å². The van der Waals surface area contributed by atoms with Crippen molar-refractivity contribution < 1.29 is 14.6 Å². The lowest BCUT2D eigenvalue weighted by Gasteiger charge is -2.21. The summed E-state index contributed by atoms with van der Waals surface area (Å²) in [4.78, 5) is 11.8. The summed E-state index contributed by atoms with van der Waals surface area (Å²) in [7, 11) is 0. The predicted molar refractivity (Wildman–Crippen MR) is 81.4 cm³/mol. The lowest BCUT2D eigenvalue weighted by Crippen LogP contribution is -2.45. The molecule has 2 amide bonds. The Morgan fingerprint density at radius 2 is 2.19 bits per heavy atom. The number of carbonyl (C=O) groups excluding carboxylic acids is 1. The van der Waals surface area contributed by atoms with E-state index < -0.39 is 12.1 Å². The van der Waals surface area contributed by atoms with Crippen molar-refractivity contribution in [2.24, 2.45) is 0 Å². The van der Waals surface area contributed by atoms with Crippen LogP contribution in [-0.4, -0.2) is 36.4 Å². The number of halogens is 1. The van der Waals surface area contributed by atoms with Gasteiger partial charge in [-0.2, -0.15) is 0 Å². The van der Waals surface area contributed by atoms with Crippen LogP contribution in [0.3, 0.4) is 0 Å². The zero-order valence-corrected chi connectivity index (χ0v) is 12.8. The Balaban J connectivity index is 1.77. The molecule has 0 aromatic heterocycles. The maximum absolute atomic E-state index is 11.8. The maximum Gasteiger partial charge on any atom is 0.315 e. The van der Waals surface area contributed by atoms with Gasteiger partial charge in [-0.25, -0.2) is 4.79 Å². The summed E-state index contributed by atoms with van der Waals surface area (Å²) in [6, 6.07) is 6.21. The Kier molecular flexibility index (Phi) is 5.85. The molecule has 5 nitrogen and oxygen atoms in total. The normalized spacial score (nSPS) is 20.8. The third-order valence-corrected chi connectivity index (χ3v) is 3.81. The van der Waals surface area contributed by atoms with Gasteiger partial charge in [0.15, 0.2) is 0 Å². The van der Waals surface area contributed by atoms with Crippen molar-refractivity contribution in [2.75, 3.05) is 13.2 Å². The average molecular weight is 313 g/mol. The van der Waals surface area contributed by atoms with E-state index in [0.717, 1.165) is 19.4 Å². The first-order chi connectivity index (χ1) is 10.1. The molecule has 3 unspecified atom stereocenters. The highest BCUT2D eigenvalue weighted by Crippen LogP contribution is 2.19. The van der Waals surface area contributed by atoms with Crippen molar-refractivity contribution in [2.45, 2.75) is 38.0 Å². The number of benzene rings is 1. The quantitative estimate of drug-likeness (QED) is 0.781. The molecule has 1 aromatic carbocycles. The van der Waals surface area contributed by atoms with Crippen molar-refractivity contribution in [1.29, 1.82) is 0 Å². The third kappa shape index (κ3) is 4.88. The van der Waals surface area contributed by atoms with Gasteiger partial charge in [-0.15, -0.1) is 0 Å². The lowest BCUT2D eigenvalue weighted by molar-refractivity contribution is 0.109. The van der Waals surface area contributed by atoms with Crippen LogP contribution < -0.4 is 10.6 Å². The Labute approximate surface area is 129 Å². The van der Waals surface area contributed by atoms with Crippen LogP contribution in [0.5, 0.6) is 0 Å². The van der Waals surface area contributed by atoms with Crippen molar-refractivity contribution in [3.63, 3.8) is 0 Å². The molecular formula is C15H21ClN2O3. The van der Waals surface area contributed by atoms with Crippen LogP contribution in [0.4, 0.5) is 4.79 Å². The number of ether oxygens (including phenoxy) is 1. The second kappa shape index (κ2) is 7.64. The average Bonchev–Trinajstić information content (AvgIpc) is 2.98. The molecule has 1 saturated heterocycles. The van der Waals surface area contributed by atoms with Gasteiger partial charge in [-0.3, -0.25) is 0 Å². The zero-order valence-electron chi connectivity index (χ0n) is 12.0. The molecule has 6 heteroatoms. The summed E-state index contributed by atoms with van der Waals surface area (Å²) in [5.74, 6) is 0. The molecule has 0 bridgehead atoms. The van der Waals surface area contributed by atoms with Gasteiger partial charge in [0.05, 0.1) is 18.2 Å². The van der Waals surface area contributed by atoms with Crippen molar-refractivity contribution in [1.82, 2.24) is 10.6 Å². The fourth-order valence-corrected chi connectivity index (χ4v) is 2.42. The van der Waals surface area contributed by atoms with Crippen LogP contribution in [0.2, 0.25) is 5.02 Å². The number of amides is 2. The molecule has 1 aliphatic rings. The van der Waals surface area contributed by atoms with Gasteiger partial charge in [-0.05, 0) is 37.5 Å². The minimum atomic E-state index is -0.782. The van der Waals surface area contributed by atoms with Crippen molar-refractivity contribution in [3.8, 4) is 0 Å². The monoisotopic (exact) mass is 312 g/mol. The van der Waals surface area contributed by atoms with Crippen molar-refractivity contribution >= 4 is 17.6 Å². The molecule has 0 spiro atoms. The Bertz CT molecular complexity index is 460. The smallest absolute Gasteiger partial charge is 0.315 e. The highest BCUT2D eigenvalue weighted by Gasteiger charge is 2.20. The largest absolute Gasteiger partial charge is 0.386 e. The predicted octanol–water partition coefficient (Wildman–Crippen LogP) is 2.24. The van der Waals surface area contributed by atoms with Gasteiger partial charge in [0.1, 0.15) is 0 Å². The minimum absolute atomic E-state index is 0.104. The van der Waals surface area contributed by atoms with E-state index in [1.54, 1.807) is 31.2 Å². The number of aliphatic hydroxyl groups is 1. The highest BCUT2D eigenvalue weighted by molar-refractivity contribution is 6.30. The molecule has 21 heavy (non-hydrogen) atoms. The van der Waals surface area contributed by atoms with E-state index in [1.165, 1.54) is 0 Å². The van der Waals surface area contributed by atoms with Gasteiger partial charge in [0.2, 0.25) is 0 Å². The number of rotatable bonds is 5. The summed E-state index contributed by atoms with van der Waals surface area (Å²) < 4.78 is 5.43. The Morgan fingerprint density at radius 3 is 2.81 bits per heavy atom. The summed E-state index contributed by atoms with van der Waals surface area (Å²) in [6.07, 6.45) is 1.34. The molecule has 3 N–H and O–H groups in total. The fraction of sp³-hybridized carbons (Fsp3) is 0.533. The van der Waals surface area contributed by atoms with E-state index in [1.807, 2.05) is 0 Å². The van der Waals surface area contributed by atoms with Gasteiger partial charge >= 0.3 is 6.03 Å². The number of hydrogen-bond donors (Lipinski definition) is 3. The number of nitrogens with one attached hydrogen (secondary N) is 2. The molecule has 116 valence electrons. The van der Waals surface area contributed by atoms with Gasteiger partial charge in [-0.1, -0.05) is 23.7 Å². The van der Waals surface area contributed by atoms with Crippen molar-refractivity contribution in [3.05, 3.63) is 34.9 Å².